The number of Topliss-reactive ketones (excluding diaryl/α,β-unsaturated/α-hetero) is 1. The topological polar surface area (TPSA) is 119 Å². The molecule has 0 aliphatic carbocycles. The lowest BCUT2D eigenvalue weighted by atomic mass is 10.1. The van der Waals surface area contributed by atoms with Gasteiger partial charge in [0.2, 0.25) is 0 Å². The predicted octanol–water partition coefficient (Wildman–Crippen LogP) is 1.06. The predicted molar refractivity (Wildman–Crippen MR) is 92.4 cm³/mol. The molecular formula is C15H34N2O6P+. The fraction of sp³-hybridized carbons (Fsp3) is 0.933. The number of nitrogens with two attached hydrogens (primary N) is 1. The van der Waals surface area contributed by atoms with E-state index in [4.69, 9.17) is 20.3 Å². The summed E-state index contributed by atoms with van der Waals surface area (Å²) in [5.74, 6) is 0.279. The molecule has 0 aliphatic heterocycles. The summed E-state index contributed by atoms with van der Waals surface area (Å²) in [6.45, 7) is 2.95. The lowest BCUT2D eigenvalue weighted by Crippen LogP contribution is -2.44. The summed E-state index contributed by atoms with van der Waals surface area (Å²) in [5.41, 5.74) is 5.40. The average molecular weight is 369 g/mol. The van der Waals surface area contributed by atoms with E-state index in [1.165, 1.54) is 0 Å². The van der Waals surface area contributed by atoms with Crippen LogP contribution in [0.3, 0.4) is 0 Å². The minimum absolute atomic E-state index is 0.00403. The van der Waals surface area contributed by atoms with Crippen molar-refractivity contribution in [3.63, 3.8) is 0 Å². The third kappa shape index (κ3) is 16.5. The van der Waals surface area contributed by atoms with Crippen LogP contribution in [0, 0.1) is 0 Å². The molecule has 0 saturated carbocycles. The zero-order valence-corrected chi connectivity index (χ0v) is 15.9. The van der Waals surface area contributed by atoms with E-state index in [1.54, 1.807) is 0 Å². The summed E-state index contributed by atoms with van der Waals surface area (Å²) >= 11 is 0. The Labute approximate surface area is 145 Å². The molecule has 24 heavy (non-hydrogen) atoms. The molecule has 0 aliphatic rings. The van der Waals surface area contributed by atoms with Gasteiger partial charge in [0.05, 0.1) is 20.7 Å². The van der Waals surface area contributed by atoms with Gasteiger partial charge in [0, 0.05) is 19.4 Å². The molecule has 0 radical (unpaired) electrons. The normalized spacial score (nSPS) is 12.5. The Morgan fingerprint density at radius 2 is 1.62 bits per heavy atom. The number of unbranched alkanes of at least 4 members (excludes halogenated alkanes) is 2. The first-order valence-electron chi connectivity index (χ1n) is 8.48. The number of quaternary nitrogens is 1. The number of ketones is 1. The van der Waals surface area contributed by atoms with Crippen molar-refractivity contribution in [2.75, 3.05) is 53.6 Å². The number of likely N-dealkylation sites (N-methyl/N-ethyl adjacent to an activating group) is 1. The lowest BCUT2D eigenvalue weighted by Gasteiger charge is -2.29. The highest BCUT2D eigenvalue weighted by atomic mass is 31.2. The molecule has 4 N–H and O–H groups in total. The van der Waals surface area contributed by atoms with Crippen LogP contribution in [0.5, 0.6) is 0 Å². The third-order valence-corrected chi connectivity index (χ3v) is 4.22. The first kappa shape index (κ1) is 23.7. The van der Waals surface area contributed by atoms with Crippen molar-refractivity contribution in [2.45, 2.75) is 38.5 Å². The summed E-state index contributed by atoms with van der Waals surface area (Å²) in [4.78, 5) is 28.9. The molecule has 0 spiro atoms. The Balaban J connectivity index is 3.57. The molecule has 0 heterocycles. The van der Waals surface area contributed by atoms with E-state index in [0.717, 1.165) is 25.7 Å². The van der Waals surface area contributed by atoms with Crippen LogP contribution in [0.15, 0.2) is 0 Å². The fourth-order valence-corrected chi connectivity index (χ4v) is 2.39. The van der Waals surface area contributed by atoms with Crippen LogP contribution in [-0.4, -0.2) is 73.6 Å². The maximum atomic E-state index is 11.6. The van der Waals surface area contributed by atoms with Crippen LogP contribution < -0.4 is 5.73 Å². The van der Waals surface area contributed by atoms with Gasteiger partial charge in [-0.15, -0.1) is 0 Å². The Hall–Kier alpha value is -0.340. The van der Waals surface area contributed by atoms with Gasteiger partial charge in [-0.05, 0) is 25.8 Å². The molecule has 0 bridgehead atoms. The zero-order valence-electron chi connectivity index (χ0n) is 15.0. The summed E-state index contributed by atoms with van der Waals surface area (Å²) in [6, 6.07) is 0. The van der Waals surface area contributed by atoms with Crippen molar-refractivity contribution in [3.05, 3.63) is 0 Å². The van der Waals surface area contributed by atoms with E-state index in [9.17, 15) is 9.36 Å². The summed E-state index contributed by atoms with van der Waals surface area (Å²) < 4.78 is 21.1. The van der Waals surface area contributed by atoms with Crippen LogP contribution in [0.1, 0.15) is 38.5 Å². The van der Waals surface area contributed by atoms with E-state index in [-0.39, 0.29) is 12.4 Å². The Morgan fingerprint density at radius 1 is 1.00 bits per heavy atom. The van der Waals surface area contributed by atoms with Crippen LogP contribution in [-0.2, 0) is 18.6 Å². The maximum absolute atomic E-state index is 11.6. The van der Waals surface area contributed by atoms with Gasteiger partial charge in [0.15, 0.2) is 0 Å². The molecular weight excluding hydrogens is 335 g/mol. The standard InChI is InChI=1S/C15H33N2O6P/c1-17(2,11-14-23-24(19,20)21)10-13-22-12-6-8-15(18)7-4-3-5-9-16/h3-14,16H2,1-2H3,(H-,19,20,21)/p+1. The van der Waals surface area contributed by atoms with Crippen molar-refractivity contribution < 1.29 is 32.9 Å². The van der Waals surface area contributed by atoms with Crippen LogP contribution in [0.2, 0.25) is 0 Å². The van der Waals surface area contributed by atoms with Crippen LogP contribution in [0.25, 0.3) is 0 Å². The van der Waals surface area contributed by atoms with E-state index < -0.39 is 7.82 Å². The number of phosphoric ester groups is 1. The van der Waals surface area contributed by atoms with Gasteiger partial charge in [-0.25, -0.2) is 4.57 Å². The summed E-state index contributed by atoms with van der Waals surface area (Å²) in [6.07, 6.45) is 4.81. The van der Waals surface area contributed by atoms with Crippen molar-refractivity contribution in [3.8, 4) is 0 Å². The lowest BCUT2D eigenvalue weighted by molar-refractivity contribution is -0.890. The highest BCUT2D eigenvalue weighted by Gasteiger charge is 2.19. The minimum atomic E-state index is -4.39. The molecule has 0 fully saturated rings. The molecule has 0 aromatic heterocycles. The van der Waals surface area contributed by atoms with Crippen molar-refractivity contribution in [2.24, 2.45) is 5.73 Å². The monoisotopic (exact) mass is 369 g/mol. The van der Waals surface area contributed by atoms with Gasteiger partial charge in [0.1, 0.15) is 25.5 Å². The SMILES string of the molecule is C[N+](C)(CCOCCCC(=O)CCCCCN)CCOP(=O)(O)O. The summed E-state index contributed by atoms with van der Waals surface area (Å²) in [5, 5.41) is 0. The molecule has 0 saturated heterocycles. The Kier molecular flexibility index (Phi) is 12.8. The van der Waals surface area contributed by atoms with Gasteiger partial charge in [0.25, 0.3) is 0 Å². The second-order valence-electron chi connectivity index (χ2n) is 6.56. The number of ether oxygens (including phenoxy) is 1. The van der Waals surface area contributed by atoms with E-state index in [1.807, 2.05) is 14.1 Å². The maximum Gasteiger partial charge on any atom is 0.469 e. The smallest absolute Gasteiger partial charge is 0.376 e. The Bertz CT molecular complexity index is 386. The molecule has 0 aromatic rings. The van der Waals surface area contributed by atoms with E-state index in [0.29, 0.717) is 50.2 Å². The number of phosphoric acid groups is 1. The molecule has 9 heteroatoms. The second-order valence-corrected chi connectivity index (χ2v) is 7.80. The molecule has 0 atom stereocenters. The van der Waals surface area contributed by atoms with Crippen molar-refractivity contribution in [1.29, 1.82) is 0 Å². The molecule has 144 valence electrons. The molecule has 0 rings (SSSR count). The van der Waals surface area contributed by atoms with E-state index in [2.05, 4.69) is 4.52 Å². The fourth-order valence-electron chi connectivity index (χ4n) is 2.07. The van der Waals surface area contributed by atoms with Crippen molar-refractivity contribution in [1.82, 2.24) is 0 Å². The number of rotatable bonds is 16. The number of carbonyl (C=O) groups is 1. The highest BCUT2D eigenvalue weighted by Crippen LogP contribution is 2.35. The molecule has 8 nitrogen and oxygen atoms in total. The highest BCUT2D eigenvalue weighted by molar-refractivity contribution is 7.46. The molecule has 0 amide bonds. The van der Waals surface area contributed by atoms with Crippen molar-refractivity contribution >= 4 is 13.6 Å². The number of nitrogens with zero attached hydrogens (tertiary/aromatic N) is 1. The van der Waals surface area contributed by atoms with Crippen LogP contribution >= 0.6 is 7.82 Å². The van der Waals surface area contributed by atoms with Gasteiger partial charge in [-0.1, -0.05) is 6.42 Å². The largest absolute Gasteiger partial charge is 0.469 e. The third-order valence-electron chi connectivity index (χ3n) is 3.70. The summed E-state index contributed by atoms with van der Waals surface area (Å²) in [7, 11) is -0.510. The quantitative estimate of drug-likeness (QED) is 0.211. The first-order valence-corrected chi connectivity index (χ1v) is 10.0. The van der Waals surface area contributed by atoms with Gasteiger partial charge < -0.3 is 24.7 Å². The van der Waals surface area contributed by atoms with Gasteiger partial charge in [-0.3, -0.25) is 9.32 Å². The first-order chi connectivity index (χ1) is 11.2. The Morgan fingerprint density at radius 3 is 2.25 bits per heavy atom. The van der Waals surface area contributed by atoms with Gasteiger partial charge in [-0.2, -0.15) is 0 Å². The van der Waals surface area contributed by atoms with Gasteiger partial charge >= 0.3 is 7.82 Å². The second kappa shape index (κ2) is 12.9. The number of hydrogen-bond acceptors (Lipinski definition) is 5. The van der Waals surface area contributed by atoms with Crippen LogP contribution in [0.4, 0.5) is 0 Å². The molecule has 0 unspecified atom stereocenters. The molecule has 0 aromatic carbocycles. The minimum Gasteiger partial charge on any atom is -0.376 e. The number of hydrogen-bond donors (Lipinski definition) is 3. The van der Waals surface area contributed by atoms with E-state index >= 15 is 0 Å². The number of carbonyl (C=O) groups excluding carboxylic acids is 1. The zero-order chi connectivity index (χ0) is 18.5. The average Bonchev–Trinajstić information content (AvgIpc) is 2.45.